The van der Waals surface area contributed by atoms with Crippen molar-refractivity contribution < 1.29 is 19.1 Å². The molecule has 1 saturated heterocycles. The van der Waals surface area contributed by atoms with E-state index in [0.717, 1.165) is 0 Å². The highest BCUT2D eigenvalue weighted by atomic mass is 35.5. The number of halogens is 2. The second kappa shape index (κ2) is 5.44. The molecule has 19 heavy (non-hydrogen) atoms. The van der Waals surface area contributed by atoms with Crippen molar-refractivity contribution in [2.75, 3.05) is 11.9 Å². The Hall–Kier alpha value is -1.82. The lowest BCUT2D eigenvalue weighted by atomic mass is 10.2. The Bertz CT molecular complexity index is 524. The number of amides is 2. The minimum atomic E-state index is -1.06. The molecule has 102 valence electrons. The Balaban J connectivity index is 2.13. The quantitative estimate of drug-likeness (QED) is 0.878. The average Bonchev–Trinajstić information content (AvgIpc) is 2.84. The number of hydrogen-bond acceptors (Lipinski definition) is 2. The smallest absolute Gasteiger partial charge is 0.326 e. The lowest BCUT2D eigenvalue weighted by Crippen LogP contribution is -2.42. The molecule has 1 aromatic carbocycles. The van der Waals surface area contributed by atoms with E-state index >= 15 is 0 Å². The summed E-state index contributed by atoms with van der Waals surface area (Å²) in [6.45, 7) is 0.338. The molecule has 2 N–H and O–H groups in total. The van der Waals surface area contributed by atoms with Gasteiger partial charge in [0.2, 0.25) is 0 Å². The van der Waals surface area contributed by atoms with Crippen LogP contribution in [-0.2, 0) is 4.79 Å². The molecule has 0 aromatic heterocycles. The highest BCUT2D eigenvalue weighted by Gasteiger charge is 2.34. The number of urea groups is 1. The van der Waals surface area contributed by atoms with Crippen molar-refractivity contribution >= 4 is 29.3 Å². The lowest BCUT2D eigenvalue weighted by Gasteiger charge is -2.22. The third kappa shape index (κ3) is 2.78. The predicted octanol–water partition coefficient (Wildman–Crippen LogP) is 2.56. The Kier molecular flexibility index (Phi) is 3.90. The van der Waals surface area contributed by atoms with Crippen molar-refractivity contribution in [3.8, 4) is 0 Å². The van der Waals surface area contributed by atoms with E-state index in [1.54, 1.807) is 0 Å². The third-order valence-electron chi connectivity index (χ3n) is 2.99. The number of hydrogen-bond donors (Lipinski definition) is 2. The van der Waals surface area contributed by atoms with Crippen LogP contribution < -0.4 is 5.32 Å². The Morgan fingerprint density at radius 3 is 2.89 bits per heavy atom. The first-order valence-electron chi connectivity index (χ1n) is 5.75. The van der Waals surface area contributed by atoms with Gasteiger partial charge >= 0.3 is 12.0 Å². The summed E-state index contributed by atoms with van der Waals surface area (Å²) in [5.41, 5.74) is -0.0615. The summed E-state index contributed by atoms with van der Waals surface area (Å²) in [5, 5.41) is 11.2. The van der Waals surface area contributed by atoms with E-state index in [-0.39, 0.29) is 10.7 Å². The maximum absolute atomic E-state index is 13.6. The summed E-state index contributed by atoms with van der Waals surface area (Å²) in [7, 11) is 0. The number of carboxylic acid groups (broad SMARTS) is 1. The van der Waals surface area contributed by atoms with Crippen molar-refractivity contribution in [2.24, 2.45) is 0 Å². The van der Waals surface area contributed by atoms with Gasteiger partial charge < -0.3 is 15.3 Å². The zero-order chi connectivity index (χ0) is 14.0. The van der Waals surface area contributed by atoms with Crippen LogP contribution in [0.3, 0.4) is 0 Å². The number of nitrogens with zero attached hydrogens (tertiary/aromatic N) is 1. The van der Waals surface area contributed by atoms with Gasteiger partial charge in [-0.15, -0.1) is 0 Å². The van der Waals surface area contributed by atoms with E-state index in [4.69, 9.17) is 16.7 Å². The molecule has 1 fully saturated rings. The summed E-state index contributed by atoms with van der Waals surface area (Å²) in [4.78, 5) is 24.1. The SMILES string of the molecule is O=C(O)[C@H]1CCCN1C(=O)Nc1cccc(Cl)c1F. The average molecular weight is 287 g/mol. The summed E-state index contributed by atoms with van der Waals surface area (Å²) in [6, 6.07) is 2.74. The monoisotopic (exact) mass is 286 g/mol. The molecule has 5 nitrogen and oxygen atoms in total. The van der Waals surface area contributed by atoms with Gasteiger partial charge in [0.05, 0.1) is 10.7 Å². The Labute approximate surface area is 114 Å². The van der Waals surface area contributed by atoms with E-state index in [2.05, 4.69) is 5.32 Å². The van der Waals surface area contributed by atoms with Gasteiger partial charge in [0.25, 0.3) is 0 Å². The molecular formula is C12H12ClFN2O3. The van der Waals surface area contributed by atoms with Crippen LogP contribution in [0.1, 0.15) is 12.8 Å². The molecule has 0 saturated carbocycles. The number of carboxylic acids is 1. The largest absolute Gasteiger partial charge is 0.480 e. The van der Waals surface area contributed by atoms with Crippen LogP contribution >= 0.6 is 11.6 Å². The van der Waals surface area contributed by atoms with Crippen molar-refractivity contribution in [3.63, 3.8) is 0 Å². The van der Waals surface area contributed by atoms with Gasteiger partial charge in [0, 0.05) is 6.54 Å². The van der Waals surface area contributed by atoms with Crippen molar-refractivity contribution in [1.82, 2.24) is 4.90 Å². The number of aliphatic carboxylic acids is 1. The maximum Gasteiger partial charge on any atom is 0.326 e. The molecule has 0 spiro atoms. The van der Waals surface area contributed by atoms with E-state index < -0.39 is 23.9 Å². The fraction of sp³-hybridized carbons (Fsp3) is 0.333. The van der Waals surface area contributed by atoms with E-state index in [1.807, 2.05) is 0 Å². The first-order chi connectivity index (χ1) is 9.00. The van der Waals surface area contributed by atoms with Crippen LogP contribution in [0.4, 0.5) is 14.9 Å². The summed E-state index contributed by atoms with van der Waals surface area (Å²) < 4.78 is 13.6. The van der Waals surface area contributed by atoms with Crippen LogP contribution in [0, 0.1) is 5.82 Å². The van der Waals surface area contributed by atoms with Gasteiger partial charge in [0.1, 0.15) is 6.04 Å². The molecule has 7 heteroatoms. The number of carbonyl (C=O) groups excluding carboxylic acids is 1. The predicted molar refractivity (Wildman–Crippen MR) is 67.8 cm³/mol. The first-order valence-corrected chi connectivity index (χ1v) is 6.13. The highest BCUT2D eigenvalue weighted by Crippen LogP contribution is 2.24. The number of anilines is 1. The minimum Gasteiger partial charge on any atom is -0.480 e. The summed E-state index contributed by atoms with van der Waals surface area (Å²) in [6.07, 6.45) is 1.02. The summed E-state index contributed by atoms with van der Waals surface area (Å²) >= 11 is 5.60. The molecule has 0 unspecified atom stereocenters. The molecule has 1 aliphatic rings. The third-order valence-corrected chi connectivity index (χ3v) is 3.28. The number of benzene rings is 1. The zero-order valence-electron chi connectivity index (χ0n) is 9.90. The van der Waals surface area contributed by atoms with Gasteiger partial charge in [0.15, 0.2) is 5.82 Å². The molecule has 1 heterocycles. The molecule has 0 aliphatic carbocycles. The van der Waals surface area contributed by atoms with Gasteiger partial charge in [-0.1, -0.05) is 17.7 Å². The van der Waals surface area contributed by atoms with E-state index in [0.29, 0.717) is 19.4 Å². The molecule has 0 bridgehead atoms. The second-order valence-corrected chi connectivity index (χ2v) is 4.63. The standard InChI is InChI=1S/C12H12ClFN2O3/c13-7-3-1-4-8(10(7)14)15-12(19)16-6-2-5-9(16)11(17)18/h1,3-4,9H,2,5-6H2,(H,15,19)(H,17,18)/t9-/m1/s1. The molecule has 2 rings (SSSR count). The number of rotatable bonds is 2. The molecule has 0 radical (unpaired) electrons. The van der Waals surface area contributed by atoms with Crippen molar-refractivity contribution in [3.05, 3.63) is 29.0 Å². The van der Waals surface area contributed by atoms with Gasteiger partial charge in [-0.2, -0.15) is 0 Å². The summed E-state index contributed by atoms with van der Waals surface area (Å²) in [5.74, 6) is -1.79. The highest BCUT2D eigenvalue weighted by molar-refractivity contribution is 6.31. The van der Waals surface area contributed by atoms with Crippen molar-refractivity contribution in [2.45, 2.75) is 18.9 Å². The van der Waals surface area contributed by atoms with Crippen LogP contribution in [0.25, 0.3) is 0 Å². The molecule has 1 aliphatic heterocycles. The topological polar surface area (TPSA) is 69.6 Å². The number of nitrogens with one attached hydrogen (secondary N) is 1. The second-order valence-electron chi connectivity index (χ2n) is 4.22. The van der Waals surface area contributed by atoms with Crippen LogP contribution in [-0.4, -0.2) is 34.6 Å². The Morgan fingerprint density at radius 2 is 2.21 bits per heavy atom. The van der Waals surface area contributed by atoms with Crippen LogP contribution in [0.2, 0.25) is 5.02 Å². The molecule has 1 aromatic rings. The van der Waals surface area contributed by atoms with E-state index in [1.165, 1.54) is 23.1 Å². The molecule has 1 atom stereocenters. The van der Waals surface area contributed by atoms with Crippen LogP contribution in [0.5, 0.6) is 0 Å². The van der Waals surface area contributed by atoms with Crippen LogP contribution in [0.15, 0.2) is 18.2 Å². The zero-order valence-corrected chi connectivity index (χ0v) is 10.7. The lowest BCUT2D eigenvalue weighted by molar-refractivity contribution is -0.141. The molecule has 2 amide bonds. The fourth-order valence-electron chi connectivity index (χ4n) is 2.05. The van der Waals surface area contributed by atoms with E-state index in [9.17, 15) is 14.0 Å². The maximum atomic E-state index is 13.6. The fourth-order valence-corrected chi connectivity index (χ4v) is 2.23. The van der Waals surface area contributed by atoms with Crippen molar-refractivity contribution in [1.29, 1.82) is 0 Å². The number of carbonyl (C=O) groups is 2. The normalized spacial score (nSPS) is 18.4. The van der Waals surface area contributed by atoms with Gasteiger partial charge in [-0.25, -0.2) is 14.0 Å². The Morgan fingerprint density at radius 1 is 1.47 bits per heavy atom. The number of likely N-dealkylation sites (tertiary alicyclic amines) is 1. The minimum absolute atomic E-state index is 0.0615. The molecular weight excluding hydrogens is 275 g/mol. The first kappa shape index (κ1) is 13.6. The van der Waals surface area contributed by atoms with Gasteiger partial charge in [-0.05, 0) is 25.0 Å². The van der Waals surface area contributed by atoms with Gasteiger partial charge in [-0.3, -0.25) is 0 Å².